The summed E-state index contributed by atoms with van der Waals surface area (Å²) in [6.45, 7) is 8.47. The first-order valence-corrected chi connectivity index (χ1v) is 6.70. The summed E-state index contributed by atoms with van der Waals surface area (Å²) >= 11 is 0. The van der Waals surface area contributed by atoms with Crippen molar-refractivity contribution in [2.75, 3.05) is 32.9 Å². The number of carbonyl (C=O) groups excluding carboxylic acids is 1. The summed E-state index contributed by atoms with van der Waals surface area (Å²) in [4.78, 5) is 12.1. The van der Waals surface area contributed by atoms with Crippen molar-refractivity contribution in [1.29, 1.82) is 0 Å². The first-order chi connectivity index (χ1) is 8.50. The Morgan fingerprint density at radius 2 is 2.17 bits per heavy atom. The normalized spacial score (nSPS) is 24.2. The number of rotatable bonds is 7. The minimum Gasteiger partial charge on any atom is -0.396 e. The van der Waals surface area contributed by atoms with Gasteiger partial charge in [-0.15, -0.1) is 0 Å². The van der Waals surface area contributed by atoms with E-state index < -0.39 is 0 Å². The SMILES string of the molecule is CCCNC1COCC1C(=O)NCC(C)(C)CO. The molecular formula is C13H26N2O3. The molecule has 1 heterocycles. The zero-order valence-electron chi connectivity index (χ0n) is 11.7. The molecule has 0 aromatic carbocycles. The highest BCUT2D eigenvalue weighted by Gasteiger charge is 2.34. The van der Waals surface area contributed by atoms with Crippen LogP contribution in [0.4, 0.5) is 0 Å². The van der Waals surface area contributed by atoms with Crippen molar-refractivity contribution >= 4 is 5.91 Å². The van der Waals surface area contributed by atoms with Gasteiger partial charge in [0.1, 0.15) is 0 Å². The van der Waals surface area contributed by atoms with Crippen molar-refractivity contribution in [2.24, 2.45) is 11.3 Å². The summed E-state index contributed by atoms with van der Waals surface area (Å²) in [5, 5.41) is 15.4. The molecule has 2 unspecified atom stereocenters. The number of aliphatic hydroxyl groups excluding tert-OH is 1. The number of nitrogens with one attached hydrogen (secondary N) is 2. The highest BCUT2D eigenvalue weighted by atomic mass is 16.5. The van der Waals surface area contributed by atoms with Gasteiger partial charge in [-0.1, -0.05) is 20.8 Å². The van der Waals surface area contributed by atoms with Crippen LogP contribution in [0.2, 0.25) is 0 Å². The quantitative estimate of drug-likeness (QED) is 0.607. The molecule has 0 saturated carbocycles. The maximum absolute atomic E-state index is 12.1. The number of aliphatic hydroxyl groups is 1. The van der Waals surface area contributed by atoms with Crippen LogP contribution in [0.5, 0.6) is 0 Å². The minimum absolute atomic E-state index is 0.0163. The van der Waals surface area contributed by atoms with E-state index in [2.05, 4.69) is 17.6 Å². The summed E-state index contributed by atoms with van der Waals surface area (Å²) in [7, 11) is 0. The molecule has 0 aromatic rings. The second kappa shape index (κ2) is 7.07. The fourth-order valence-electron chi connectivity index (χ4n) is 1.86. The molecule has 5 heteroatoms. The van der Waals surface area contributed by atoms with Crippen molar-refractivity contribution in [3.8, 4) is 0 Å². The summed E-state index contributed by atoms with van der Waals surface area (Å²) in [6, 6.07) is 0.113. The zero-order valence-corrected chi connectivity index (χ0v) is 11.7. The van der Waals surface area contributed by atoms with Crippen LogP contribution < -0.4 is 10.6 Å². The van der Waals surface area contributed by atoms with Crippen LogP contribution in [-0.4, -0.2) is 50.0 Å². The maximum Gasteiger partial charge on any atom is 0.227 e. The molecule has 1 saturated heterocycles. The van der Waals surface area contributed by atoms with E-state index in [4.69, 9.17) is 9.84 Å². The molecule has 2 atom stereocenters. The number of hydrogen-bond acceptors (Lipinski definition) is 4. The van der Waals surface area contributed by atoms with Crippen LogP contribution >= 0.6 is 0 Å². The largest absolute Gasteiger partial charge is 0.396 e. The highest BCUT2D eigenvalue weighted by Crippen LogP contribution is 2.16. The van der Waals surface area contributed by atoms with Crippen LogP contribution in [0.15, 0.2) is 0 Å². The third-order valence-electron chi connectivity index (χ3n) is 3.24. The molecule has 106 valence electrons. The van der Waals surface area contributed by atoms with E-state index in [1.165, 1.54) is 0 Å². The van der Waals surface area contributed by atoms with E-state index >= 15 is 0 Å². The van der Waals surface area contributed by atoms with Crippen molar-refractivity contribution in [2.45, 2.75) is 33.2 Å². The Bertz CT molecular complexity index is 269. The highest BCUT2D eigenvalue weighted by molar-refractivity contribution is 5.79. The van der Waals surface area contributed by atoms with Crippen LogP contribution in [-0.2, 0) is 9.53 Å². The molecule has 18 heavy (non-hydrogen) atoms. The van der Waals surface area contributed by atoms with Crippen LogP contribution in [0.1, 0.15) is 27.2 Å². The van der Waals surface area contributed by atoms with Gasteiger partial charge in [0.15, 0.2) is 0 Å². The molecular weight excluding hydrogens is 232 g/mol. The summed E-state index contributed by atoms with van der Waals surface area (Å²) in [6.07, 6.45) is 1.04. The molecule has 5 nitrogen and oxygen atoms in total. The van der Waals surface area contributed by atoms with E-state index in [0.717, 1.165) is 13.0 Å². The van der Waals surface area contributed by atoms with Gasteiger partial charge in [-0.25, -0.2) is 0 Å². The van der Waals surface area contributed by atoms with Gasteiger partial charge in [0.05, 0.1) is 19.1 Å². The predicted molar refractivity (Wildman–Crippen MR) is 70.3 cm³/mol. The Kier molecular flexibility index (Phi) is 6.05. The first kappa shape index (κ1) is 15.4. The Morgan fingerprint density at radius 1 is 1.44 bits per heavy atom. The lowest BCUT2D eigenvalue weighted by Gasteiger charge is -2.24. The van der Waals surface area contributed by atoms with Gasteiger partial charge >= 0.3 is 0 Å². The topological polar surface area (TPSA) is 70.6 Å². The molecule has 0 radical (unpaired) electrons. The number of hydrogen-bond donors (Lipinski definition) is 3. The maximum atomic E-state index is 12.1. The molecule has 0 aromatic heterocycles. The van der Waals surface area contributed by atoms with E-state index in [-0.39, 0.29) is 29.9 Å². The summed E-state index contributed by atoms with van der Waals surface area (Å²) in [5.74, 6) is -0.103. The molecule has 0 aliphatic carbocycles. The van der Waals surface area contributed by atoms with E-state index in [9.17, 15) is 4.79 Å². The standard InChI is InChI=1S/C13H26N2O3/c1-4-5-14-11-7-18-6-10(11)12(17)15-8-13(2,3)9-16/h10-11,14,16H,4-9H2,1-3H3,(H,15,17). The van der Waals surface area contributed by atoms with Crippen molar-refractivity contribution in [1.82, 2.24) is 10.6 Å². The Hall–Kier alpha value is -0.650. The van der Waals surface area contributed by atoms with Gasteiger partial charge in [0, 0.05) is 24.6 Å². The summed E-state index contributed by atoms with van der Waals surface area (Å²) in [5.41, 5.74) is -0.276. The summed E-state index contributed by atoms with van der Waals surface area (Å²) < 4.78 is 5.37. The second-order valence-corrected chi connectivity index (χ2v) is 5.74. The van der Waals surface area contributed by atoms with Gasteiger partial charge in [-0.2, -0.15) is 0 Å². The van der Waals surface area contributed by atoms with E-state index in [1.54, 1.807) is 0 Å². The lowest BCUT2D eigenvalue weighted by atomic mass is 9.94. The van der Waals surface area contributed by atoms with Crippen molar-refractivity contribution < 1.29 is 14.6 Å². The van der Waals surface area contributed by atoms with E-state index in [0.29, 0.717) is 19.8 Å². The monoisotopic (exact) mass is 258 g/mol. The van der Waals surface area contributed by atoms with Gasteiger partial charge in [0.2, 0.25) is 5.91 Å². The molecule has 3 N–H and O–H groups in total. The van der Waals surface area contributed by atoms with E-state index in [1.807, 2.05) is 13.8 Å². The lowest BCUT2D eigenvalue weighted by molar-refractivity contribution is -0.126. The average Bonchev–Trinajstić information content (AvgIpc) is 2.82. The second-order valence-electron chi connectivity index (χ2n) is 5.74. The van der Waals surface area contributed by atoms with Crippen LogP contribution in [0.3, 0.4) is 0 Å². The van der Waals surface area contributed by atoms with Crippen molar-refractivity contribution in [3.63, 3.8) is 0 Å². The Morgan fingerprint density at radius 3 is 2.78 bits per heavy atom. The minimum atomic E-state index is -0.276. The van der Waals surface area contributed by atoms with Gasteiger partial charge in [0.25, 0.3) is 0 Å². The number of amides is 1. The Balaban J connectivity index is 2.40. The number of carbonyl (C=O) groups is 1. The van der Waals surface area contributed by atoms with Crippen molar-refractivity contribution in [3.05, 3.63) is 0 Å². The number of ether oxygens (including phenoxy) is 1. The third-order valence-corrected chi connectivity index (χ3v) is 3.24. The molecule has 0 spiro atoms. The van der Waals surface area contributed by atoms with Gasteiger partial charge < -0.3 is 20.5 Å². The molecule has 1 aliphatic heterocycles. The first-order valence-electron chi connectivity index (χ1n) is 6.70. The molecule has 0 bridgehead atoms. The average molecular weight is 258 g/mol. The van der Waals surface area contributed by atoms with Gasteiger partial charge in [-0.3, -0.25) is 4.79 Å². The molecule has 1 amide bonds. The lowest BCUT2D eigenvalue weighted by Crippen LogP contribution is -2.46. The third kappa shape index (κ3) is 4.55. The van der Waals surface area contributed by atoms with Gasteiger partial charge in [-0.05, 0) is 13.0 Å². The molecule has 1 fully saturated rings. The molecule has 1 aliphatic rings. The fraction of sp³-hybridized carbons (Fsp3) is 0.923. The zero-order chi connectivity index (χ0) is 13.6. The fourth-order valence-corrected chi connectivity index (χ4v) is 1.86. The van der Waals surface area contributed by atoms with Crippen LogP contribution in [0, 0.1) is 11.3 Å². The Labute approximate surface area is 109 Å². The smallest absolute Gasteiger partial charge is 0.227 e. The van der Waals surface area contributed by atoms with Crippen LogP contribution in [0.25, 0.3) is 0 Å². The molecule has 1 rings (SSSR count). The predicted octanol–water partition coefficient (Wildman–Crippen LogP) is 0.136.